The van der Waals surface area contributed by atoms with Crippen LogP contribution >= 0.6 is 0 Å². The van der Waals surface area contributed by atoms with E-state index < -0.39 is 0 Å². The summed E-state index contributed by atoms with van der Waals surface area (Å²) < 4.78 is 5.20. The van der Waals surface area contributed by atoms with Gasteiger partial charge in [-0.2, -0.15) is 0 Å². The molecule has 0 N–H and O–H groups in total. The van der Waals surface area contributed by atoms with E-state index in [0.717, 1.165) is 33.9 Å². The third-order valence-electron chi connectivity index (χ3n) is 6.31. The zero-order chi connectivity index (χ0) is 26.9. The molecule has 0 radical (unpaired) electrons. The highest BCUT2D eigenvalue weighted by molar-refractivity contribution is 6.05. The number of imide groups is 1. The third kappa shape index (κ3) is 6.56. The quantitative estimate of drug-likeness (QED) is 0.226. The Balaban J connectivity index is 1.50. The van der Waals surface area contributed by atoms with Crippen molar-refractivity contribution in [3.63, 3.8) is 0 Å². The zero-order valence-electron chi connectivity index (χ0n) is 22.0. The van der Waals surface area contributed by atoms with E-state index in [2.05, 4.69) is 29.2 Å². The fraction of sp³-hybridized carbons (Fsp3) is 0.152. The summed E-state index contributed by atoms with van der Waals surface area (Å²) in [6.45, 7) is 3.49. The summed E-state index contributed by atoms with van der Waals surface area (Å²) in [5.41, 5.74) is 5.55. The first kappa shape index (κ1) is 26.4. The first-order valence-corrected chi connectivity index (χ1v) is 12.6. The molecule has 2 amide bonds. The van der Waals surface area contributed by atoms with Crippen molar-refractivity contribution in [2.45, 2.75) is 20.3 Å². The molecule has 4 aromatic rings. The van der Waals surface area contributed by atoms with E-state index in [1.54, 1.807) is 14.0 Å². The molecule has 0 bridgehead atoms. The average Bonchev–Trinajstić information content (AvgIpc) is 2.95. The van der Waals surface area contributed by atoms with E-state index >= 15 is 0 Å². The molecule has 0 aliphatic rings. The van der Waals surface area contributed by atoms with Gasteiger partial charge in [0.1, 0.15) is 5.75 Å². The van der Waals surface area contributed by atoms with Gasteiger partial charge < -0.3 is 9.64 Å². The number of rotatable bonds is 9. The van der Waals surface area contributed by atoms with Gasteiger partial charge in [-0.05, 0) is 79.1 Å². The molecule has 0 atom stereocenters. The van der Waals surface area contributed by atoms with Gasteiger partial charge in [-0.15, -0.1) is 0 Å². The van der Waals surface area contributed by atoms with Crippen LogP contribution in [0.25, 0.3) is 6.08 Å². The van der Waals surface area contributed by atoms with Crippen molar-refractivity contribution < 1.29 is 14.3 Å². The minimum absolute atomic E-state index is 0.270. The van der Waals surface area contributed by atoms with Crippen LogP contribution in [0.2, 0.25) is 0 Å². The van der Waals surface area contributed by atoms with Crippen LogP contribution in [0.15, 0.2) is 115 Å². The van der Waals surface area contributed by atoms with E-state index in [1.165, 1.54) is 11.8 Å². The number of para-hydroxylation sites is 2. The van der Waals surface area contributed by atoms with Crippen molar-refractivity contribution in [2.75, 3.05) is 18.6 Å². The van der Waals surface area contributed by atoms with E-state index in [0.29, 0.717) is 18.5 Å². The molecule has 0 heterocycles. The van der Waals surface area contributed by atoms with Gasteiger partial charge in [0.15, 0.2) is 0 Å². The number of hydrogen-bond acceptors (Lipinski definition) is 4. The molecule has 0 aromatic heterocycles. The number of carbonyl (C=O) groups excluding carboxylic acids is 2. The molecule has 0 fully saturated rings. The number of carbonyl (C=O) groups is 2. The van der Waals surface area contributed by atoms with Crippen LogP contribution in [-0.4, -0.2) is 30.4 Å². The minimum atomic E-state index is -0.287. The predicted molar refractivity (Wildman–Crippen MR) is 154 cm³/mol. The SMILES string of the molecule is COc1ccc(CCN(C(C)=O)C(=O)/C(C)=C\c2ccc(N(c3ccccc3)c3ccccc3)cc2)cc1. The molecule has 192 valence electrons. The van der Waals surface area contributed by atoms with Crippen molar-refractivity contribution in [2.24, 2.45) is 0 Å². The van der Waals surface area contributed by atoms with Crippen LogP contribution in [0.1, 0.15) is 25.0 Å². The highest BCUT2D eigenvalue weighted by atomic mass is 16.5. The van der Waals surface area contributed by atoms with Gasteiger partial charge in [-0.25, -0.2) is 0 Å². The smallest absolute Gasteiger partial charge is 0.256 e. The number of nitrogens with zero attached hydrogens (tertiary/aromatic N) is 2. The van der Waals surface area contributed by atoms with Gasteiger partial charge in [0.25, 0.3) is 5.91 Å². The maximum Gasteiger partial charge on any atom is 0.256 e. The molecule has 4 rings (SSSR count). The maximum absolute atomic E-state index is 13.2. The van der Waals surface area contributed by atoms with E-state index in [4.69, 9.17) is 4.74 Å². The summed E-state index contributed by atoms with van der Waals surface area (Å²) in [6.07, 6.45) is 2.40. The molecule has 38 heavy (non-hydrogen) atoms. The van der Waals surface area contributed by atoms with Gasteiger partial charge >= 0.3 is 0 Å². The Labute approximate surface area is 224 Å². The largest absolute Gasteiger partial charge is 0.497 e. The second-order valence-electron chi connectivity index (χ2n) is 9.00. The molecule has 0 aliphatic carbocycles. The molecule has 0 saturated carbocycles. The Bertz CT molecular complexity index is 1340. The van der Waals surface area contributed by atoms with Gasteiger partial charge in [0.2, 0.25) is 5.91 Å². The van der Waals surface area contributed by atoms with Crippen LogP contribution in [-0.2, 0) is 16.0 Å². The van der Waals surface area contributed by atoms with Crippen LogP contribution in [0.3, 0.4) is 0 Å². The fourth-order valence-electron chi connectivity index (χ4n) is 4.28. The van der Waals surface area contributed by atoms with Gasteiger partial charge in [-0.3, -0.25) is 14.5 Å². The molecule has 5 heteroatoms. The second-order valence-corrected chi connectivity index (χ2v) is 9.00. The van der Waals surface area contributed by atoms with E-state index in [1.807, 2.05) is 91.0 Å². The highest BCUT2D eigenvalue weighted by Crippen LogP contribution is 2.34. The zero-order valence-corrected chi connectivity index (χ0v) is 22.0. The lowest BCUT2D eigenvalue weighted by atomic mass is 10.1. The Hall–Kier alpha value is -4.64. The average molecular weight is 505 g/mol. The van der Waals surface area contributed by atoms with Crippen molar-refractivity contribution in [3.05, 3.63) is 126 Å². The number of anilines is 3. The molecule has 0 aliphatic heterocycles. The number of ether oxygens (including phenoxy) is 1. The van der Waals surface area contributed by atoms with Crippen LogP contribution in [0.4, 0.5) is 17.1 Å². The van der Waals surface area contributed by atoms with E-state index in [-0.39, 0.29) is 11.8 Å². The molecular weight excluding hydrogens is 472 g/mol. The van der Waals surface area contributed by atoms with Crippen molar-refractivity contribution in [3.8, 4) is 5.75 Å². The Morgan fingerprint density at radius 2 is 1.24 bits per heavy atom. The topological polar surface area (TPSA) is 49.9 Å². The van der Waals surface area contributed by atoms with Crippen molar-refractivity contribution >= 4 is 35.0 Å². The molecule has 5 nitrogen and oxygen atoms in total. The summed E-state index contributed by atoms with van der Waals surface area (Å²) >= 11 is 0. The normalized spacial score (nSPS) is 11.1. The number of methoxy groups -OCH3 is 1. The van der Waals surface area contributed by atoms with Gasteiger partial charge in [0, 0.05) is 36.1 Å². The van der Waals surface area contributed by atoms with Crippen LogP contribution in [0, 0.1) is 0 Å². The first-order valence-electron chi connectivity index (χ1n) is 12.6. The van der Waals surface area contributed by atoms with Gasteiger partial charge in [0.05, 0.1) is 7.11 Å². The van der Waals surface area contributed by atoms with Crippen LogP contribution in [0.5, 0.6) is 5.75 Å². The highest BCUT2D eigenvalue weighted by Gasteiger charge is 2.19. The maximum atomic E-state index is 13.2. The lowest BCUT2D eigenvalue weighted by Gasteiger charge is -2.25. The third-order valence-corrected chi connectivity index (χ3v) is 6.31. The molecule has 4 aromatic carbocycles. The van der Waals surface area contributed by atoms with Crippen molar-refractivity contribution in [1.82, 2.24) is 4.90 Å². The van der Waals surface area contributed by atoms with Crippen molar-refractivity contribution in [1.29, 1.82) is 0 Å². The second kappa shape index (κ2) is 12.5. The first-order chi connectivity index (χ1) is 18.5. The Morgan fingerprint density at radius 1 is 0.711 bits per heavy atom. The predicted octanol–water partition coefficient (Wildman–Crippen LogP) is 7.19. The minimum Gasteiger partial charge on any atom is -0.497 e. The lowest BCUT2D eigenvalue weighted by Crippen LogP contribution is -2.37. The van der Waals surface area contributed by atoms with Gasteiger partial charge in [-0.1, -0.05) is 60.7 Å². The molecule has 0 spiro atoms. The number of benzene rings is 4. The molecular formula is C33H32N2O3. The molecule has 0 unspecified atom stereocenters. The number of hydrogen-bond donors (Lipinski definition) is 0. The summed E-state index contributed by atoms with van der Waals surface area (Å²) in [5.74, 6) is 0.215. The fourth-order valence-corrected chi connectivity index (χ4v) is 4.28. The number of amides is 2. The summed E-state index contributed by atoms with van der Waals surface area (Å²) in [4.78, 5) is 29.0. The monoisotopic (exact) mass is 504 g/mol. The molecule has 0 saturated heterocycles. The Kier molecular flexibility index (Phi) is 8.73. The summed E-state index contributed by atoms with van der Waals surface area (Å²) in [7, 11) is 1.62. The summed E-state index contributed by atoms with van der Waals surface area (Å²) in [6, 6.07) is 36.1. The van der Waals surface area contributed by atoms with E-state index in [9.17, 15) is 9.59 Å². The summed E-state index contributed by atoms with van der Waals surface area (Å²) in [5, 5.41) is 0. The lowest BCUT2D eigenvalue weighted by molar-refractivity contribution is -0.140. The Morgan fingerprint density at radius 3 is 1.74 bits per heavy atom. The van der Waals surface area contributed by atoms with Crippen LogP contribution < -0.4 is 9.64 Å². The standard InChI is InChI=1S/C33H32N2O3/c1-25(33(37)34(26(2)36)23-22-27-16-20-32(38-3)21-17-27)24-28-14-18-31(19-15-28)35(29-10-6-4-7-11-29)30-12-8-5-9-13-30/h4-21,24H,22-23H2,1-3H3/b25-24-.